The van der Waals surface area contributed by atoms with Gasteiger partial charge in [0.15, 0.2) is 0 Å². The van der Waals surface area contributed by atoms with Crippen molar-refractivity contribution in [3.05, 3.63) is 25.0 Å². The van der Waals surface area contributed by atoms with Crippen molar-refractivity contribution in [2.45, 2.75) is 38.8 Å². The number of aromatic hydroxyl groups is 1. The number of phenolic OH excluding ortho intramolecular Hbond substituents is 1. The lowest BCUT2D eigenvalue weighted by Gasteiger charge is -2.23. The van der Waals surface area contributed by atoms with E-state index in [1.165, 1.54) is 0 Å². The number of rotatable bonds is 5. The topological polar surface area (TPSA) is 66.5 Å². The van der Waals surface area contributed by atoms with Gasteiger partial charge in [-0.05, 0) is 56.7 Å². The summed E-state index contributed by atoms with van der Waals surface area (Å²) < 4.78 is 1.82. The Morgan fingerprint density at radius 2 is 1.74 bits per heavy atom. The fraction of sp³-hybridized carbons (Fsp3) is 0.538. The van der Waals surface area contributed by atoms with Gasteiger partial charge in [-0.2, -0.15) is 0 Å². The molecule has 108 valence electrons. The van der Waals surface area contributed by atoms with E-state index < -0.39 is 12.1 Å². The molecule has 0 heterocycles. The summed E-state index contributed by atoms with van der Waals surface area (Å²) in [6.07, 6.45) is 0.900. The molecular weight excluding hydrogens is 442 g/mol. The SMILES string of the molecule is CC(C)CC[C@H](O)[C@H](N)c1c(Br)cc(Br)c(O)c1Br. The molecule has 1 aromatic carbocycles. The summed E-state index contributed by atoms with van der Waals surface area (Å²) >= 11 is 10.0. The van der Waals surface area contributed by atoms with Crippen LogP contribution in [0.1, 0.15) is 38.3 Å². The molecule has 0 bridgehead atoms. The van der Waals surface area contributed by atoms with Crippen molar-refractivity contribution in [1.29, 1.82) is 0 Å². The molecule has 0 aliphatic rings. The average Bonchev–Trinajstić information content (AvgIpc) is 2.32. The van der Waals surface area contributed by atoms with Crippen LogP contribution < -0.4 is 5.73 Å². The Hall–Kier alpha value is 0.380. The van der Waals surface area contributed by atoms with Crippen LogP contribution >= 0.6 is 47.8 Å². The summed E-state index contributed by atoms with van der Waals surface area (Å²) in [6, 6.07) is 1.17. The number of hydrogen-bond donors (Lipinski definition) is 3. The van der Waals surface area contributed by atoms with E-state index in [-0.39, 0.29) is 5.75 Å². The van der Waals surface area contributed by atoms with Gasteiger partial charge in [0.2, 0.25) is 0 Å². The molecule has 0 unspecified atom stereocenters. The fourth-order valence-electron chi connectivity index (χ4n) is 1.78. The second-order valence-electron chi connectivity index (χ2n) is 4.98. The van der Waals surface area contributed by atoms with E-state index in [0.717, 1.165) is 10.9 Å². The molecule has 0 saturated carbocycles. The minimum absolute atomic E-state index is 0.0877. The van der Waals surface area contributed by atoms with E-state index in [0.29, 0.717) is 26.8 Å². The largest absolute Gasteiger partial charge is 0.506 e. The van der Waals surface area contributed by atoms with Gasteiger partial charge in [-0.1, -0.05) is 29.8 Å². The molecule has 0 saturated heterocycles. The average molecular weight is 460 g/mol. The van der Waals surface area contributed by atoms with Gasteiger partial charge in [0.25, 0.3) is 0 Å². The molecule has 0 radical (unpaired) electrons. The van der Waals surface area contributed by atoms with Crippen LogP contribution in [0.5, 0.6) is 5.75 Å². The maximum absolute atomic E-state index is 10.2. The number of hydrogen-bond acceptors (Lipinski definition) is 3. The lowest BCUT2D eigenvalue weighted by atomic mass is 9.96. The minimum Gasteiger partial charge on any atom is -0.506 e. The van der Waals surface area contributed by atoms with Crippen LogP contribution in [0, 0.1) is 5.92 Å². The monoisotopic (exact) mass is 457 g/mol. The number of halogens is 3. The third-order valence-corrected chi connectivity index (χ3v) is 5.03. The lowest BCUT2D eigenvalue weighted by Crippen LogP contribution is -2.27. The van der Waals surface area contributed by atoms with E-state index in [9.17, 15) is 10.2 Å². The summed E-state index contributed by atoms with van der Waals surface area (Å²) in [5.41, 5.74) is 6.79. The molecule has 19 heavy (non-hydrogen) atoms. The molecule has 4 N–H and O–H groups in total. The van der Waals surface area contributed by atoms with Crippen molar-refractivity contribution in [1.82, 2.24) is 0 Å². The van der Waals surface area contributed by atoms with Crippen LogP contribution in [-0.2, 0) is 0 Å². The summed E-state index contributed by atoms with van der Waals surface area (Å²) in [7, 11) is 0. The predicted octanol–water partition coefficient (Wildman–Crippen LogP) is 4.48. The molecule has 0 aliphatic heterocycles. The number of nitrogens with two attached hydrogens (primary N) is 1. The molecule has 0 aliphatic carbocycles. The summed E-state index contributed by atoms with van der Waals surface area (Å²) in [5, 5.41) is 20.1. The first-order valence-corrected chi connectivity index (χ1v) is 8.43. The van der Waals surface area contributed by atoms with Gasteiger partial charge in [-0.15, -0.1) is 0 Å². The Morgan fingerprint density at radius 3 is 2.26 bits per heavy atom. The van der Waals surface area contributed by atoms with Crippen LogP contribution in [-0.4, -0.2) is 16.3 Å². The molecule has 0 amide bonds. The highest BCUT2D eigenvalue weighted by Gasteiger charge is 2.24. The maximum atomic E-state index is 10.2. The van der Waals surface area contributed by atoms with Gasteiger partial charge in [-0.3, -0.25) is 0 Å². The number of aliphatic hydroxyl groups excluding tert-OH is 1. The van der Waals surface area contributed by atoms with Crippen LogP contribution in [0.25, 0.3) is 0 Å². The first-order valence-electron chi connectivity index (χ1n) is 6.05. The third-order valence-electron chi connectivity index (χ3n) is 2.97. The van der Waals surface area contributed by atoms with E-state index in [1.807, 2.05) is 0 Å². The van der Waals surface area contributed by atoms with Crippen molar-refractivity contribution in [3.8, 4) is 5.75 Å². The maximum Gasteiger partial charge on any atom is 0.144 e. The molecule has 1 aromatic rings. The highest BCUT2D eigenvalue weighted by molar-refractivity contribution is 9.11. The van der Waals surface area contributed by atoms with E-state index in [1.54, 1.807) is 6.07 Å². The Bertz CT molecular complexity index is 452. The molecule has 6 heteroatoms. The zero-order chi connectivity index (χ0) is 14.7. The zero-order valence-corrected chi connectivity index (χ0v) is 15.6. The fourth-order valence-corrected chi connectivity index (χ4v) is 4.43. The first kappa shape index (κ1) is 17.4. The van der Waals surface area contributed by atoms with Crippen LogP contribution in [0.15, 0.2) is 19.5 Å². The van der Waals surface area contributed by atoms with Crippen molar-refractivity contribution in [3.63, 3.8) is 0 Å². The molecule has 2 atom stereocenters. The van der Waals surface area contributed by atoms with Gasteiger partial charge < -0.3 is 15.9 Å². The summed E-state index contributed by atoms with van der Waals surface area (Å²) in [6.45, 7) is 4.21. The Morgan fingerprint density at radius 1 is 1.16 bits per heavy atom. The standard InChI is InChI=1S/C13H18Br3NO2/c1-6(2)3-4-9(18)12(17)10-7(14)5-8(15)13(19)11(10)16/h5-6,9,12,18-19H,3-4,17H2,1-2H3/t9-,12-/m0/s1. The van der Waals surface area contributed by atoms with Crippen molar-refractivity contribution < 1.29 is 10.2 Å². The highest BCUT2D eigenvalue weighted by atomic mass is 79.9. The molecule has 1 rings (SSSR count). The van der Waals surface area contributed by atoms with E-state index in [4.69, 9.17) is 5.73 Å². The van der Waals surface area contributed by atoms with Crippen LogP contribution in [0.2, 0.25) is 0 Å². The lowest BCUT2D eigenvalue weighted by molar-refractivity contribution is 0.127. The van der Waals surface area contributed by atoms with Crippen molar-refractivity contribution in [2.24, 2.45) is 11.7 Å². The first-order chi connectivity index (χ1) is 8.75. The van der Waals surface area contributed by atoms with Gasteiger partial charge in [0, 0.05) is 10.0 Å². The number of phenols is 1. The molecule has 3 nitrogen and oxygen atoms in total. The molecule has 0 spiro atoms. The van der Waals surface area contributed by atoms with Crippen LogP contribution in [0.3, 0.4) is 0 Å². The Kier molecular flexibility index (Phi) is 6.79. The van der Waals surface area contributed by atoms with Crippen LogP contribution in [0.4, 0.5) is 0 Å². The molecule has 0 fully saturated rings. The van der Waals surface area contributed by atoms with Crippen molar-refractivity contribution in [2.75, 3.05) is 0 Å². The third kappa shape index (κ3) is 4.43. The predicted molar refractivity (Wildman–Crippen MR) is 88.2 cm³/mol. The van der Waals surface area contributed by atoms with Gasteiger partial charge >= 0.3 is 0 Å². The van der Waals surface area contributed by atoms with Crippen molar-refractivity contribution >= 4 is 47.8 Å². The van der Waals surface area contributed by atoms with Gasteiger partial charge in [0.05, 0.1) is 21.1 Å². The van der Waals surface area contributed by atoms with Gasteiger partial charge in [-0.25, -0.2) is 0 Å². The number of aliphatic hydroxyl groups is 1. The Balaban J connectivity index is 2.99. The van der Waals surface area contributed by atoms with E-state index in [2.05, 4.69) is 61.6 Å². The van der Waals surface area contributed by atoms with Gasteiger partial charge in [0.1, 0.15) is 5.75 Å². The second kappa shape index (κ2) is 7.41. The zero-order valence-electron chi connectivity index (χ0n) is 10.8. The second-order valence-corrected chi connectivity index (χ2v) is 7.48. The highest BCUT2D eigenvalue weighted by Crippen LogP contribution is 2.42. The quantitative estimate of drug-likeness (QED) is 0.608. The molecular formula is C13H18Br3NO2. The smallest absolute Gasteiger partial charge is 0.144 e. The van der Waals surface area contributed by atoms with E-state index >= 15 is 0 Å². The number of benzene rings is 1. The minimum atomic E-state index is -0.643. The summed E-state index contributed by atoms with van der Waals surface area (Å²) in [5.74, 6) is 0.608. The normalized spacial score (nSPS) is 14.7. The molecule has 0 aromatic heterocycles. The Labute approximate surface area is 139 Å². The summed E-state index contributed by atoms with van der Waals surface area (Å²) in [4.78, 5) is 0.